The molecule has 2 aromatic heterocycles. The summed E-state index contributed by atoms with van der Waals surface area (Å²) in [6, 6.07) is 8.31. The van der Waals surface area contributed by atoms with Crippen molar-refractivity contribution in [2.45, 2.75) is 0 Å². The first-order chi connectivity index (χ1) is 8.27. The van der Waals surface area contributed by atoms with Crippen LogP contribution in [0.3, 0.4) is 0 Å². The number of halogens is 1. The van der Waals surface area contributed by atoms with Crippen molar-refractivity contribution in [2.24, 2.45) is 0 Å². The van der Waals surface area contributed by atoms with Crippen LogP contribution in [-0.2, 0) is 0 Å². The summed E-state index contributed by atoms with van der Waals surface area (Å²) in [5.74, 6) is -1.02. The molecule has 0 saturated carbocycles. The number of carbonyl (C=O) groups is 1. The van der Waals surface area contributed by atoms with Crippen LogP contribution in [-0.4, -0.2) is 20.9 Å². The molecule has 0 N–H and O–H groups in total. The van der Waals surface area contributed by atoms with Crippen molar-refractivity contribution in [3.05, 3.63) is 46.4 Å². The summed E-state index contributed by atoms with van der Waals surface area (Å²) in [5, 5.41) is 9.13. The first kappa shape index (κ1) is 10.1. The molecule has 0 unspecified atom stereocenters. The Balaban J connectivity index is 2.17. The van der Waals surface area contributed by atoms with Gasteiger partial charge in [0.25, 0.3) is 5.91 Å². The Morgan fingerprint density at radius 2 is 2.12 bits per heavy atom. The Labute approximate surface area is 99.3 Å². The zero-order valence-corrected chi connectivity index (χ0v) is 9.32. The Kier molecular flexibility index (Phi) is 2.22. The van der Waals surface area contributed by atoms with Gasteiger partial charge in [0.1, 0.15) is 16.2 Å². The minimum atomic E-state index is -0.528. The SMILES string of the molecule is O=C(c1sccc1F)n1nnc2ccccc21. The molecule has 0 aliphatic carbocycles. The maximum absolute atomic E-state index is 13.3. The van der Waals surface area contributed by atoms with Crippen LogP contribution in [0.4, 0.5) is 4.39 Å². The molecule has 4 nitrogen and oxygen atoms in total. The van der Waals surface area contributed by atoms with Crippen LogP contribution in [0.2, 0.25) is 0 Å². The van der Waals surface area contributed by atoms with Gasteiger partial charge < -0.3 is 0 Å². The van der Waals surface area contributed by atoms with Gasteiger partial charge in [0, 0.05) is 0 Å². The van der Waals surface area contributed by atoms with E-state index in [0.717, 1.165) is 16.0 Å². The number of hydrogen-bond donors (Lipinski definition) is 0. The molecule has 6 heteroatoms. The molecule has 84 valence electrons. The minimum Gasteiger partial charge on any atom is -0.266 e. The van der Waals surface area contributed by atoms with Crippen molar-refractivity contribution in [1.29, 1.82) is 0 Å². The van der Waals surface area contributed by atoms with Gasteiger partial charge in [-0.1, -0.05) is 17.3 Å². The number of carbonyl (C=O) groups excluding carboxylic acids is 1. The molecule has 0 saturated heterocycles. The van der Waals surface area contributed by atoms with Gasteiger partial charge in [0.05, 0.1) is 5.52 Å². The fourth-order valence-electron chi connectivity index (χ4n) is 1.56. The van der Waals surface area contributed by atoms with E-state index in [1.165, 1.54) is 11.4 Å². The number of hydrogen-bond acceptors (Lipinski definition) is 4. The number of benzene rings is 1. The van der Waals surface area contributed by atoms with Gasteiger partial charge in [0.15, 0.2) is 0 Å². The highest BCUT2D eigenvalue weighted by Gasteiger charge is 2.18. The van der Waals surface area contributed by atoms with Crippen LogP contribution in [0.5, 0.6) is 0 Å². The van der Waals surface area contributed by atoms with Crippen LogP contribution in [0.25, 0.3) is 11.0 Å². The van der Waals surface area contributed by atoms with E-state index >= 15 is 0 Å². The molecule has 1 aromatic carbocycles. The molecule has 3 rings (SSSR count). The average molecular weight is 247 g/mol. The molecule has 0 amide bonds. The summed E-state index contributed by atoms with van der Waals surface area (Å²) in [6.45, 7) is 0. The van der Waals surface area contributed by atoms with Gasteiger partial charge in [-0.25, -0.2) is 4.39 Å². The lowest BCUT2D eigenvalue weighted by Crippen LogP contribution is -2.13. The molecule has 0 spiro atoms. The first-order valence-electron chi connectivity index (χ1n) is 4.85. The summed E-state index contributed by atoms with van der Waals surface area (Å²) in [6.07, 6.45) is 0. The second-order valence-corrected chi connectivity index (χ2v) is 4.31. The van der Waals surface area contributed by atoms with E-state index in [2.05, 4.69) is 10.3 Å². The van der Waals surface area contributed by atoms with Crippen LogP contribution < -0.4 is 0 Å². The smallest absolute Gasteiger partial charge is 0.266 e. The maximum Gasteiger partial charge on any atom is 0.293 e. The quantitative estimate of drug-likeness (QED) is 0.663. The van der Waals surface area contributed by atoms with Gasteiger partial charge in [-0.2, -0.15) is 4.68 Å². The Morgan fingerprint density at radius 3 is 2.88 bits per heavy atom. The Morgan fingerprint density at radius 1 is 1.29 bits per heavy atom. The van der Waals surface area contributed by atoms with E-state index in [9.17, 15) is 9.18 Å². The third kappa shape index (κ3) is 1.53. The van der Waals surface area contributed by atoms with Crippen molar-refractivity contribution in [3.63, 3.8) is 0 Å². The molecule has 0 aliphatic heterocycles. The summed E-state index contributed by atoms with van der Waals surface area (Å²) >= 11 is 1.05. The molecule has 0 atom stereocenters. The van der Waals surface area contributed by atoms with Crippen LogP contribution >= 0.6 is 11.3 Å². The largest absolute Gasteiger partial charge is 0.293 e. The van der Waals surface area contributed by atoms with Crippen LogP contribution in [0.1, 0.15) is 9.67 Å². The van der Waals surface area contributed by atoms with Crippen molar-refractivity contribution in [3.8, 4) is 0 Å². The van der Waals surface area contributed by atoms with E-state index in [1.54, 1.807) is 24.3 Å². The first-order valence-corrected chi connectivity index (χ1v) is 5.73. The summed E-state index contributed by atoms with van der Waals surface area (Å²) in [7, 11) is 0. The highest BCUT2D eigenvalue weighted by atomic mass is 32.1. The zero-order chi connectivity index (χ0) is 11.8. The Hall–Kier alpha value is -2.08. The topological polar surface area (TPSA) is 47.8 Å². The molecule has 0 radical (unpaired) electrons. The van der Waals surface area contributed by atoms with Gasteiger partial charge in [-0.05, 0) is 23.6 Å². The second-order valence-electron chi connectivity index (χ2n) is 3.39. The lowest BCUT2D eigenvalue weighted by Gasteiger charge is -1.98. The third-order valence-electron chi connectivity index (χ3n) is 2.36. The number of para-hydroxylation sites is 1. The predicted molar refractivity (Wildman–Crippen MR) is 61.5 cm³/mol. The van der Waals surface area contributed by atoms with Crippen molar-refractivity contribution in [2.75, 3.05) is 0 Å². The number of fused-ring (bicyclic) bond motifs is 1. The predicted octanol–water partition coefficient (Wildman–Crippen LogP) is 2.32. The van der Waals surface area contributed by atoms with E-state index in [1.807, 2.05) is 0 Å². The highest BCUT2D eigenvalue weighted by Crippen LogP contribution is 2.18. The van der Waals surface area contributed by atoms with Gasteiger partial charge >= 0.3 is 0 Å². The van der Waals surface area contributed by atoms with E-state index in [-0.39, 0.29) is 4.88 Å². The molecule has 0 bridgehead atoms. The van der Waals surface area contributed by atoms with Crippen molar-refractivity contribution < 1.29 is 9.18 Å². The molecule has 0 aliphatic rings. The molecular weight excluding hydrogens is 241 g/mol. The summed E-state index contributed by atoms with van der Waals surface area (Å²) in [5.41, 5.74) is 1.18. The van der Waals surface area contributed by atoms with Gasteiger partial charge in [-0.3, -0.25) is 4.79 Å². The van der Waals surface area contributed by atoms with Crippen LogP contribution in [0.15, 0.2) is 35.7 Å². The number of nitrogens with zero attached hydrogens (tertiary/aromatic N) is 3. The molecule has 2 heterocycles. The number of thiophene rings is 1. The fourth-order valence-corrected chi connectivity index (χ4v) is 2.25. The second kappa shape index (κ2) is 3.74. The maximum atomic E-state index is 13.3. The van der Waals surface area contributed by atoms with E-state index in [4.69, 9.17) is 0 Å². The third-order valence-corrected chi connectivity index (χ3v) is 3.23. The van der Waals surface area contributed by atoms with Gasteiger partial charge in [-0.15, -0.1) is 16.4 Å². The lowest BCUT2D eigenvalue weighted by molar-refractivity contribution is 0.0948. The van der Waals surface area contributed by atoms with Gasteiger partial charge in [0.2, 0.25) is 0 Å². The average Bonchev–Trinajstić information content (AvgIpc) is 2.94. The summed E-state index contributed by atoms with van der Waals surface area (Å²) < 4.78 is 14.4. The van der Waals surface area contributed by atoms with E-state index in [0.29, 0.717) is 11.0 Å². The standard InChI is InChI=1S/C11H6FN3OS/c12-7-5-6-17-10(7)11(16)15-9-4-2-1-3-8(9)13-14-15/h1-6H. The fraction of sp³-hybridized carbons (Fsp3) is 0. The molecule has 17 heavy (non-hydrogen) atoms. The Bertz CT molecular complexity index is 703. The van der Waals surface area contributed by atoms with E-state index < -0.39 is 11.7 Å². The van der Waals surface area contributed by atoms with Crippen LogP contribution in [0, 0.1) is 5.82 Å². The monoisotopic (exact) mass is 247 g/mol. The van der Waals surface area contributed by atoms with Crippen molar-refractivity contribution >= 4 is 28.3 Å². The zero-order valence-electron chi connectivity index (χ0n) is 8.50. The number of aromatic nitrogens is 3. The molecule has 3 aromatic rings. The lowest BCUT2D eigenvalue weighted by atomic mass is 10.3. The van der Waals surface area contributed by atoms with Crippen molar-refractivity contribution in [1.82, 2.24) is 15.0 Å². The normalized spacial score (nSPS) is 10.9. The highest BCUT2D eigenvalue weighted by molar-refractivity contribution is 7.12. The summed E-state index contributed by atoms with van der Waals surface area (Å²) in [4.78, 5) is 12.1. The number of rotatable bonds is 1. The molecule has 0 fully saturated rings. The minimum absolute atomic E-state index is 0.0423. The molecular formula is C11H6FN3OS.